The van der Waals surface area contributed by atoms with Gasteiger partial charge in [-0.05, 0) is 36.5 Å². The Labute approximate surface area is 186 Å². The highest BCUT2D eigenvalue weighted by atomic mass is 32.2. The molecular formula is C22H28N4O5S. The molecule has 0 radical (unpaired) electrons. The molecule has 0 unspecified atom stereocenters. The molecule has 1 aliphatic heterocycles. The van der Waals surface area contributed by atoms with E-state index in [1.54, 1.807) is 12.1 Å². The second-order valence-corrected chi connectivity index (χ2v) is 10.4. The summed E-state index contributed by atoms with van der Waals surface area (Å²) < 4.78 is 28.5. The summed E-state index contributed by atoms with van der Waals surface area (Å²) in [7, 11) is -3.64. The lowest BCUT2D eigenvalue weighted by Crippen LogP contribution is -2.51. The van der Waals surface area contributed by atoms with Gasteiger partial charge in [-0.15, -0.1) is 0 Å². The monoisotopic (exact) mass is 460 g/mol. The number of amides is 1. The van der Waals surface area contributed by atoms with Crippen LogP contribution in [-0.4, -0.2) is 59.5 Å². The van der Waals surface area contributed by atoms with Crippen molar-refractivity contribution in [3.05, 3.63) is 62.7 Å². The van der Waals surface area contributed by atoms with E-state index in [0.717, 1.165) is 29.7 Å². The summed E-state index contributed by atoms with van der Waals surface area (Å²) in [4.78, 5) is 37.5. The van der Waals surface area contributed by atoms with E-state index in [-0.39, 0.29) is 43.5 Å². The fourth-order valence-corrected chi connectivity index (χ4v) is 5.91. The van der Waals surface area contributed by atoms with Crippen molar-refractivity contribution >= 4 is 15.9 Å². The second kappa shape index (κ2) is 9.41. The van der Waals surface area contributed by atoms with Crippen molar-refractivity contribution in [2.75, 3.05) is 26.2 Å². The van der Waals surface area contributed by atoms with Gasteiger partial charge in [0.15, 0.2) is 0 Å². The molecule has 172 valence electrons. The van der Waals surface area contributed by atoms with Crippen LogP contribution >= 0.6 is 0 Å². The zero-order chi connectivity index (χ0) is 22.7. The molecule has 1 saturated carbocycles. The van der Waals surface area contributed by atoms with Gasteiger partial charge in [-0.3, -0.25) is 19.5 Å². The normalized spacial score (nSPS) is 18.6. The third-order valence-corrected chi connectivity index (χ3v) is 8.28. The van der Waals surface area contributed by atoms with Gasteiger partial charge in [-0.1, -0.05) is 31.4 Å². The van der Waals surface area contributed by atoms with Crippen molar-refractivity contribution in [2.45, 2.75) is 49.5 Å². The zero-order valence-electron chi connectivity index (χ0n) is 17.9. The molecule has 2 aromatic rings. The van der Waals surface area contributed by atoms with Crippen molar-refractivity contribution in [1.29, 1.82) is 0 Å². The Balaban J connectivity index is 1.37. The Morgan fingerprint density at radius 3 is 2.22 bits per heavy atom. The van der Waals surface area contributed by atoms with E-state index in [4.69, 9.17) is 0 Å². The first kappa shape index (κ1) is 22.5. The number of sulfonamides is 1. The molecule has 2 heterocycles. The van der Waals surface area contributed by atoms with Gasteiger partial charge in [-0.2, -0.15) is 4.31 Å². The van der Waals surface area contributed by atoms with Crippen LogP contribution < -0.4 is 11.1 Å². The summed E-state index contributed by atoms with van der Waals surface area (Å²) in [6.07, 6.45) is 6.04. The van der Waals surface area contributed by atoms with Crippen molar-refractivity contribution in [1.82, 2.24) is 19.0 Å². The van der Waals surface area contributed by atoms with Gasteiger partial charge in [0.25, 0.3) is 11.1 Å². The lowest BCUT2D eigenvalue weighted by atomic mass is 9.84. The molecule has 10 heteroatoms. The molecule has 0 atom stereocenters. The standard InChI is InChI=1S/C22H28N4O5S/c27-20-10-11-21(28)26(23-20)16-22(29)24-12-14-25(15-13-24)32(30,31)19-8-6-18(7-9-19)17-4-2-1-3-5-17/h6-11,17H,1-5,12-16H2,(H,23,27). The number of rotatable bonds is 5. The lowest BCUT2D eigenvalue weighted by molar-refractivity contribution is -0.133. The van der Waals surface area contributed by atoms with Gasteiger partial charge >= 0.3 is 0 Å². The first-order valence-electron chi connectivity index (χ1n) is 11.0. The summed E-state index contributed by atoms with van der Waals surface area (Å²) in [5.74, 6) is 0.171. The summed E-state index contributed by atoms with van der Waals surface area (Å²) in [5, 5.41) is 2.32. The number of hydrogen-bond acceptors (Lipinski definition) is 5. The number of aromatic amines is 1. The summed E-state index contributed by atoms with van der Waals surface area (Å²) in [6.45, 7) is 0.523. The van der Waals surface area contributed by atoms with Gasteiger partial charge in [0.05, 0.1) is 4.90 Å². The number of hydrogen-bond donors (Lipinski definition) is 1. The first-order chi connectivity index (χ1) is 15.3. The quantitative estimate of drug-likeness (QED) is 0.719. The highest BCUT2D eigenvalue weighted by Crippen LogP contribution is 2.33. The van der Waals surface area contributed by atoms with E-state index < -0.39 is 21.1 Å². The third-order valence-electron chi connectivity index (χ3n) is 6.37. The molecule has 1 saturated heterocycles. The molecule has 0 bridgehead atoms. The molecule has 32 heavy (non-hydrogen) atoms. The average molecular weight is 461 g/mol. The van der Waals surface area contributed by atoms with Crippen molar-refractivity contribution in [2.24, 2.45) is 0 Å². The molecule has 9 nitrogen and oxygen atoms in total. The van der Waals surface area contributed by atoms with E-state index in [1.807, 2.05) is 12.1 Å². The molecule has 1 aromatic heterocycles. The predicted octanol–water partition coefficient (Wildman–Crippen LogP) is 1.12. The fourth-order valence-electron chi connectivity index (χ4n) is 4.49. The summed E-state index contributed by atoms with van der Waals surface area (Å²) in [6, 6.07) is 9.46. The minimum atomic E-state index is -3.64. The van der Waals surface area contributed by atoms with Gasteiger partial charge in [0.1, 0.15) is 6.54 Å². The molecular weight excluding hydrogens is 432 g/mol. The maximum absolute atomic E-state index is 13.1. The fraction of sp³-hybridized carbons (Fsp3) is 0.500. The van der Waals surface area contributed by atoms with Gasteiger partial charge in [0.2, 0.25) is 15.9 Å². The van der Waals surface area contributed by atoms with Crippen LogP contribution in [-0.2, 0) is 21.4 Å². The van der Waals surface area contributed by atoms with E-state index in [9.17, 15) is 22.8 Å². The topological polar surface area (TPSA) is 113 Å². The number of carbonyl (C=O) groups is 1. The number of nitrogens with zero attached hydrogens (tertiary/aromatic N) is 3. The van der Waals surface area contributed by atoms with Crippen LogP contribution in [0, 0.1) is 0 Å². The number of nitrogens with one attached hydrogen (secondary N) is 1. The highest BCUT2D eigenvalue weighted by molar-refractivity contribution is 7.89. The van der Waals surface area contributed by atoms with E-state index >= 15 is 0 Å². The minimum Gasteiger partial charge on any atom is -0.338 e. The molecule has 1 amide bonds. The zero-order valence-corrected chi connectivity index (χ0v) is 18.7. The molecule has 2 fully saturated rings. The molecule has 2 aliphatic rings. The van der Waals surface area contributed by atoms with Crippen LogP contribution in [0.15, 0.2) is 50.9 Å². The van der Waals surface area contributed by atoms with Crippen molar-refractivity contribution < 1.29 is 13.2 Å². The van der Waals surface area contributed by atoms with Gasteiger partial charge in [0, 0.05) is 38.3 Å². The van der Waals surface area contributed by atoms with Crippen molar-refractivity contribution in [3.8, 4) is 0 Å². The van der Waals surface area contributed by atoms with E-state index in [0.29, 0.717) is 5.92 Å². The Kier molecular flexibility index (Phi) is 6.61. The molecule has 1 aliphatic carbocycles. The van der Waals surface area contributed by atoms with E-state index in [2.05, 4.69) is 5.10 Å². The molecule has 4 rings (SSSR count). The van der Waals surface area contributed by atoms with Crippen LogP contribution in [0.1, 0.15) is 43.6 Å². The first-order valence-corrected chi connectivity index (χ1v) is 12.5. The number of piperazine rings is 1. The Hall–Kier alpha value is -2.72. The van der Waals surface area contributed by atoms with Crippen LogP contribution in [0.4, 0.5) is 0 Å². The van der Waals surface area contributed by atoms with Crippen LogP contribution in [0.5, 0.6) is 0 Å². The Morgan fingerprint density at radius 1 is 0.906 bits per heavy atom. The SMILES string of the molecule is O=C(Cn1[nH]c(=O)ccc1=O)N1CCN(S(=O)(=O)c2ccc(C3CCCCC3)cc2)CC1. The smallest absolute Gasteiger partial charge is 0.265 e. The van der Waals surface area contributed by atoms with Crippen molar-refractivity contribution in [3.63, 3.8) is 0 Å². The molecule has 0 spiro atoms. The van der Waals surface area contributed by atoms with Gasteiger partial charge in [-0.25, -0.2) is 13.1 Å². The van der Waals surface area contributed by atoms with Crippen LogP contribution in [0.2, 0.25) is 0 Å². The van der Waals surface area contributed by atoms with Gasteiger partial charge < -0.3 is 4.90 Å². The summed E-state index contributed by atoms with van der Waals surface area (Å²) in [5.41, 5.74) is 0.256. The van der Waals surface area contributed by atoms with Crippen LogP contribution in [0.3, 0.4) is 0 Å². The Morgan fingerprint density at radius 2 is 1.56 bits per heavy atom. The van der Waals surface area contributed by atoms with Crippen LogP contribution in [0.25, 0.3) is 0 Å². The largest absolute Gasteiger partial charge is 0.338 e. The average Bonchev–Trinajstić information content (AvgIpc) is 2.82. The third kappa shape index (κ3) is 4.86. The molecule has 1 aromatic carbocycles. The van der Waals surface area contributed by atoms with E-state index in [1.165, 1.54) is 34.0 Å². The Bertz CT molecular complexity index is 1170. The lowest BCUT2D eigenvalue weighted by Gasteiger charge is -2.34. The molecule has 1 N–H and O–H groups in total. The maximum Gasteiger partial charge on any atom is 0.265 e. The number of H-pyrrole nitrogens is 1. The number of carbonyl (C=O) groups excluding carboxylic acids is 1. The summed E-state index contributed by atoms with van der Waals surface area (Å²) >= 11 is 0. The minimum absolute atomic E-state index is 0.179. The predicted molar refractivity (Wildman–Crippen MR) is 119 cm³/mol. The highest BCUT2D eigenvalue weighted by Gasteiger charge is 2.30. The number of benzene rings is 1. The maximum atomic E-state index is 13.1. The second-order valence-electron chi connectivity index (χ2n) is 8.42. The number of aromatic nitrogens is 2.